The Bertz CT molecular complexity index is 369. The summed E-state index contributed by atoms with van der Waals surface area (Å²) in [5.41, 5.74) is 1.19. The van der Waals surface area contributed by atoms with E-state index in [2.05, 4.69) is 25.7 Å². The fourth-order valence-electron chi connectivity index (χ4n) is 2.67. The number of rotatable bonds is 3. The van der Waals surface area contributed by atoms with E-state index in [9.17, 15) is 4.39 Å². The Morgan fingerprint density at radius 3 is 2.33 bits per heavy atom. The predicted octanol–water partition coefficient (Wildman–Crippen LogP) is 2.87. The van der Waals surface area contributed by atoms with Crippen LogP contribution >= 0.6 is 0 Å². The molecule has 1 aromatic carbocycles. The van der Waals surface area contributed by atoms with Gasteiger partial charge in [-0.2, -0.15) is 0 Å². The van der Waals surface area contributed by atoms with Crippen molar-refractivity contribution in [2.24, 2.45) is 0 Å². The summed E-state index contributed by atoms with van der Waals surface area (Å²) in [4.78, 5) is 2.46. The molecule has 1 fully saturated rings. The molecule has 1 saturated heterocycles. The van der Waals surface area contributed by atoms with Crippen molar-refractivity contribution in [1.29, 1.82) is 0 Å². The van der Waals surface area contributed by atoms with E-state index in [1.54, 1.807) is 0 Å². The molecule has 18 heavy (non-hydrogen) atoms. The maximum Gasteiger partial charge on any atom is 0.123 e. The lowest BCUT2D eigenvalue weighted by Gasteiger charge is -2.39. The smallest absolute Gasteiger partial charge is 0.123 e. The first kappa shape index (κ1) is 13.5. The van der Waals surface area contributed by atoms with Crippen molar-refractivity contribution in [2.45, 2.75) is 45.4 Å². The molecule has 3 heteroatoms. The summed E-state index contributed by atoms with van der Waals surface area (Å²) < 4.78 is 18.6. The van der Waals surface area contributed by atoms with E-state index in [-0.39, 0.29) is 5.82 Å². The van der Waals surface area contributed by atoms with Crippen molar-refractivity contribution in [1.82, 2.24) is 4.90 Å². The van der Waals surface area contributed by atoms with E-state index < -0.39 is 0 Å². The third kappa shape index (κ3) is 3.53. The fraction of sp³-hybridized carbons (Fsp3) is 0.600. The first-order valence-corrected chi connectivity index (χ1v) is 6.68. The lowest BCUT2D eigenvalue weighted by atomic mass is 10.0. The Labute approximate surface area is 109 Å². The van der Waals surface area contributed by atoms with Crippen molar-refractivity contribution in [3.05, 3.63) is 35.6 Å². The third-order valence-electron chi connectivity index (χ3n) is 3.52. The van der Waals surface area contributed by atoms with Crippen LogP contribution in [0.4, 0.5) is 4.39 Å². The summed E-state index contributed by atoms with van der Waals surface area (Å²) in [6, 6.07) is 7.28. The number of nitrogens with zero attached hydrogens (tertiary/aromatic N) is 1. The van der Waals surface area contributed by atoms with Gasteiger partial charge < -0.3 is 4.74 Å². The second-order valence-electron chi connectivity index (χ2n) is 5.39. The highest BCUT2D eigenvalue weighted by Crippen LogP contribution is 2.16. The number of hydrogen-bond acceptors (Lipinski definition) is 2. The highest BCUT2D eigenvalue weighted by atomic mass is 19.1. The summed E-state index contributed by atoms with van der Waals surface area (Å²) in [6.45, 7) is 8.42. The van der Waals surface area contributed by atoms with E-state index in [1.165, 1.54) is 17.7 Å². The van der Waals surface area contributed by atoms with E-state index >= 15 is 0 Å². The summed E-state index contributed by atoms with van der Waals surface area (Å²) in [5, 5.41) is 0. The van der Waals surface area contributed by atoms with Crippen LogP contribution in [-0.4, -0.2) is 36.2 Å². The van der Waals surface area contributed by atoms with Crippen LogP contribution in [0.5, 0.6) is 0 Å². The molecule has 0 aromatic heterocycles. The third-order valence-corrected chi connectivity index (χ3v) is 3.52. The van der Waals surface area contributed by atoms with Gasteiger partial charge in [0.05, 0.1) is 12.2 Å². The van der Waals surface area contributed by atoms with Crippen molar-refractivity contribution < 1.29 is 9.13 Å². The second kappa shape index (κ2) is 5.81. The molecule has 1 heterocycles. The van der Waals surface area contributed by atoms with Gasteiger partial charge in [-0.15, -0.1) is 0 Å². The van der Waals surface area contributed by atoms with Crippen LogP contribution in [0.1, 0.15) is 26.3 Å². The van der Waals surface area contributed by atoms with Crippen molar-refractivity contribution in [3.63, 3.8) is 0 Å². The van der Waals surface area contributed by atoms with E-state index in [0.29, 0.717) is 18.2 Å². The number of hydrogen-bond donors (Lipinski definition) is 0. The molecule has 1 aromatic rings. The zero-order valence-corrected chi connectivity index (χ0v) is 11.4. The SMILES string of the molecule is C[C@H](Cc1ccc(F)cc1)N1C[C@H](C)O[C@@H](C)C1. The van der Waals surface area contributed by atoms with Crippen LogP contribution in [0.3, 0.4) is 0 Å². The van der Waals surface area contributed by atoms with Gasteiger partial charge >= 0.3 is 0 Å². The Morgan fingerprint density at radius 1 is 1.22 bits per heavy atom. The minimum absolute atomic E-state index is 0.167. The zero-order chi connectivity index (χ0) is 13.1. The number of halogens is 1. The Kier molecular flexibility index (Phi) is 4.36. The quantitative estimate of drug-likeness (QED) is 0.819. The van der Waals surface area contributed by atoms with Gasteiger partial charge in [-0.05, 0) is 44.9 Å². The fourth-order valence-corrected chi connectivity index (χ4v) is 2.67. The minimum Gasteiger partial charge on any atom is -0.373 e. The summed E-state index contributed by atoms with van der Waals surface area (Å²) >= 11 is 0. The molecule has 2 nitrogen and oxygen atoms in total. The maximum atomic E-state index is 12.9. The summed E-state index contributed by atoms with van der Waals surface area (Å²) in [7, 11) is 0. The monoisotopic (exact) mass is 251 g/mol. The van der Waals surface area contributed by atoms with Crippen molar-refractivity contribution in [3.8, 4) is 0 Å². The Morgan fingerprint density at radius 2 is 1.78 bits per heavy atom. The lowest BCUT2D eigenvalue weighted by molar-refractivity contribution is -0.0782. The van der Waals surface area contributed by atoms with E-state index in [1.807, 2.05) is 12.1 Å². The average Bonchev–Trinajstić information content (AvgIpc) is 2.31. The second-order valence-corrected chi connectivity index (χ2v) is 5.39. The molecule has 0 spiro atoms. The predicted molar refractivity (Wildman–Crippen MR) is 71.1 cm³/mol. The molecular formula is C15H22FNO. The standard InChI is InChI=1S/C15H22FNO/c1-11(8-14-4-6-15(16)7-5-14)17-9-12(2)18-13(3)10-17/h4-7,11-13H,8-10H2,1-3H3/t11-,12+,13+/m1/s1. The molecule has 0 aliphatic carbocycles. The van der Waals surface area contributed by atoms with Crippen LogP contribution < -0.4 is 0 Å². The lowest BCUT2D eigenvalue weighted by Crippen LogP contribution is -2.49. The van der Waals surface area contributed by atoms with Gasteiger partial charge in [0, 0.05) is 19.1 Å². The van der Waals surface area contributed by atoms with Crippen LogP contribution in [0.2, 0.25) is 0 Å². The average molecular weight is 251 g/mol. The van der Waals surface area contributed by atoms with Gasteiger partial charge in [-0.25, -0.2) is 4.39 Å². The molecule has 2 rings (SSSR count). The zero-order valence-electron chi connectivity index (χ0n) is 11.4. The number of morpholine rings is 1. The largest absolute Gasteiger partial charge is 0.373 e. The minimum atomic E-state index is -0.167. The molecule has 0 bridgehead atoms. The van der Waals surface area contributed by atoms with Crippen molar-refractivity contribution in [2.75, 3.05) is 13.1 Å². The maximum absolute atomic E-state index is 12.9. The number of benzene rings is 1. The number of ether oxygens (including phenoxy) is 1. The molecule has 0 radical (unpaired) electrons. The van der Waals surface area contributed by atoms with Gasteiger partial charge in [-0.1, -0.05) is 12.1 Å². The molecule has 0 saturated carbocycles. The first-order chi connectivity index (χ1) is 8.54. The van der Waals surface area contributed by atoms with Crippen LogP contribution in [0.25, 0.3) is 0 Å². The van der Waals surface area contributed by atoms with Gasteiger partial charge in [0.25, 0.3) is 0 Å². The van der Waals surface area contributed by atoms with Gasteiger partial charge in [-0.3, -0.25) is 4.90 Å². The summed E-state index contributed by atoms with van der Waals surface area (Å²) in [6.07, 6.45) is 1.55. The Hall–Kier alpha value is -0.930. The topological polar surface area (TPSA) is 12.5 Å². The van der Waals surface area contributed by atoms with Crippen LogP contribution in [0.15, 0.2) is 24.3 Å². The van der Waals surface area contributed by atoms with Crippen LogP contribution in [-0.2, 0) is 11.2 Å². The molecule has 1 aliphatic rings. The van der Waals surface area contributed by atoms with E-state index in [0.717, 1.165) is 19.5 Å². The first-order valence-electron chi connectivity index (χ1n) is 6.68. The molecule has 0 N–H and O–H groups in total. The van der Waals surface area contributed by atoms with Crippen molar-refractivity contribution >= 4 is 0 Å². The van der Waals surface area contributed by atoms with Gasteiger partial charge in [0.15, 0.2) is 0 Å². The van der Waals surface area contributed by atoms with Gasteiger partial charge in [0.1, 0.15) is 5.82 Å². The Balaban J connectivity index is 1.94. The van der Waals surface area contributed by atoms with Gasteiger partial charge in [0.2, 0.25) is 0 Å². The molecule has 0 amide bonds. The van der Waals surface area contributed by atoms with Crippen LogP contribution in [0, 0.1) is 5.82 Å². The highest BCUT2D eigenvalue weighted by molar-refractivity contribution is 5.17. The molecular weight excluding hydrogens is 229 g/mol. The summed E-state index contributed by atoms with van der Waals surface area (Å²) in [5.74, 6) is -0.167. The molecule has 3 atom stereocenters. The molecule has 1 aliphatic heterocycles. The highest BCUT2D eigenvalue weighted by Gasteiger charge is 2.25. The normalized spacial score (nSPS) is 27.1. The molecule has 0 unspecified atom stereocenters. The molecule has 100 valence electrons. The van der Waals surface area contributed by atoms with E-state index in [4.69, 9.17) is 4.74 Å².